The van der Waals surface area contributed by atoms with Crippen LogP contribution in [0, 0.1) is 6.92 Å². The molecule has 2 aliphatic rings. The second kappa shape index (κ2) is 8.31. The van der Waals surface area contributed by atoms with Gasteiger partial charge < -0.3 is 14.5 Å². The molecule has 0 atom stereocenters. The molecule has 0 aliphatic carbocycles. The van der Waals surface area contributed by atoms with Gasteiger partial charge in [0.25, 0.3) is 0 Å². The number of hydrogen-bond acceptors (Lipinski definition) is 5. The summed E-state index contributed by atoms with van der Waals surface area (Å²) in [6.07, 6.45) is 2.44. The molecule has 1 N–H and O–H groups in total. The van der Waals surface area contributed by atoms with E-state index in [1.54, 1.807) is 11.8 Å². The third-order valence-corrected chi connectivity index (χ3v) is 6.29. The molecular formula is C20H29N3O5S. The van der Waals surface area contributed by atoms with Crippen LogP contribution < -0.4 is 9.46 Å². The summed E-state index contributed by atoms with van der Waals surface area (Å²) < 4.78 is 31.1. The first kappa shape index (κ1) is 21.6. The molecule has 1 aromatic rings. The van der Waals surface area contributed by atoms with E-state index in [-0.39, 0.29) is 24.8 Å². The Morgan fingerprint density at radius 3 is 2.52 bits per heavy atom. The monoisotopic (exact) mass is 423 g/mol. The molecule has 160 valence electrons. The minimum Gasteiger partial charge on any atom is -0.485 e. The number of nitrogens with zero attached hydrogens (tertiary/aromatic N) is 2. The van der Waals surface area contributed by atoms with Gasteiger partial charge in [-0.2, -0.15) is 0 Å². The maximum atomic E-state index is 12.4. The van der Waals surface area contributed by atoms with Crippen molar-refractivity contribution < 1.29 is 22.7 Å². The number of hydrogen-bond donors (Lipinski definition) is 1. The molecule has 0 aromatic heterocycles. The lowest BCUT2D eigenvalue weighted by Gasteiger charge is -2.42. The molecule has 0 saturated carbocycles. The molecule has 0 unspecified atom stereocenters. The number of ether oxygens (including phenoxy) is 1. The maximum absolute atomic E-state index is 12.4. The van der Waals surface area contributed by atoms with Crippen LogP contribution in [0.1, 0.15) is 37.3 Å². The Bertz CT molecular complexity index is 891. The van der Waals surface area contributed by atoms with E-state index in [2.05, 4.69) is 10.8 Å². The molecule has 2 aliphatic heterocycles. The highest BCUT2D eigenvalue weighted by atomic mass is 32.2. The molecule has 0 radical (unpaired) electrons. The van der Waals surface area contributed by atoms with Crippen LogP contribution in [0.25, 0.3) is 0 Å². The molecular weight excluding hydrogens is 394 g/mol. The van der Waals surface area contributed by atoms with Crippen LogP contribution in [-0.2, 0) is 26.2 Å². The summed E-state index contributed by atoms with van der Waals surface area (Å²) in [6, 6.07) is 6.02. The molecule has 2 amide bonds. The van der Waals surface area contributed by atoms with Crippen LogP contribution >= 0.6 is 0 Å². The van der Waals surface area contributed by atoms with E-state index in [0.29, 0.717) is 39.0 Å². The van der Waals surface area contributed by atoms with Gasteiger partial charge >= 0.3 is 0 Å². The molecule has 2 heterocycles. The van der Waals surface area contributed by atoms with Gasteiger partial charge in [0.1, 0.15) is 11.4 Å². The summed E-state index contributed by atoms with van der Waals surface area (Å²) in [7, 11) is -3.30. The highest BCUT2D eigenvalue weighted by molar-refractivity contribution is 7.88. The topological polar surface area (TPSA) is 96.0 Å². The van der Waals surface area contributed by atoms with E-state index in [4.69, 9.17) is 4.74 Å². The zero-order chi connectivity index (χ0) is 21.2. The van der Waals surface area contributed by atoms with Gasteiger partial charge in [-0.1, -0.05) is 17.7 Å². The summed E-state index contributed by atoms with van der Waals surface area (Å²) >= 11 is 0. The van der Waals surface area contributed by atoms with Gasteiger partial charge in [0.15, 0.2) is 0 Å². The fourth-order valence-electron chi connectivity index (χ4n) is 3.95. The average Bonchev–Trinajstić information content (AvgIpc) is 2.78. The Hall–Kier alpha value is -2.13. The van der Waals surface area contributed by atoms with Crippen molar-refractivity contribution in [2.24, 2.45) is 0 Å². The number of carbonyl (C=O) groups is 2. The molecule has 9 heteroatoms. The highest BCUT2D eigenvalue weighted by Crippen LogP contribution is 2.36. The summed E-state index contributed by atoms with van der Waals surface area (Å²) in [4.78, 5) is 28.2. The number of piperidine rings is 1. The summed E-state index contributed by atoms with van der Waals surface area (Å²) in [5, 5.41) is 0. The largest absolute Gasteiger partial charge is 0.485 e. The summed E-state index contributed by atoms with van der Waals surface area (Å²) in [5.74, 6) is 0.730. The third-order valence-electron chi connectivity index (χ3n) is 5.56. The van der Waals surface area contributed by atoms with Crippen molar-refractivity contribution in [2.45, 2.75) is 45.3 Å². The fourth-order valence-corrected chi connectivity index (χ4v) is 4.43. The van der Waals surface area contributed by atoms with Crippen molar-refractivity contribution in [1.82, 2.24) is 14.5 Å². The normalized spacial score (nSPS) is 18.7. The Morgan fingerprint density at radius 1 is 1.21 bits per heavy atom. The van der Waals surface area contributed by atoms with E-state index in [0.717, 1.165) is 23.1 Å². The van der Waals surface area contributed by atoms with Crippen LogP contribution in [0.2, 0.25) is 0 Å². The Balaban J connectivity index is 1.68. The van der Waals surface area contributed by atoms with Gasteiger partial charge in [0, 0.05) is 57.9 Å². The van der Waals surface area contributed by atoms with E-state index >= 15 is 0 Å². The number of benzene rings is 1. The first-order chi connectivity index (χ1) is 13.6. The average molecular weight is 424 g/mol. The van der Waals surface area contributed by atoms with Crippen molar-refractivity contribution in [3.8, 4) is 5.75 Å². The molecule has 0 bridgehead atoms. The Labute approximate surface area is 172 Å². The second-order valence-electron chi connectivity index (χ2n) is 8.07. The van der Waals surface area contributed by atoms with Crippen LogP contribution in [0.5, 0.6) is 5.75 Å². The number of carbonyl (C=O) groups excluding carboxylic acids is 2. The number of likely N-dealkylation sites (tertiary alicyclic amines) is 1. The van der Waals surface area contributed by atoms with Crippen molar-refractivity contribution >= 4 is 21.8 Å². The molecule has 1 spiro atoms. The smallest absolute Gasteiger partial charge is 0.223 e. The molecule has 29 heavy (non-hydrogen) atoms. The summed E-state index contributed by atoms with van der Waals surface area (Å²) in [6.45, 7) is 5.74. The Kier molecular flexibility index (Phi) is 6.19. The first-order valence-corrected chi connectivity index (χ1v) is 11.7. The van der Waals surface area contributed by atoms with Crippen LogP contribution in [-0.4, -0.2) is 68.1 Å². The van der Waals surface area contributed by atoms with Crippen molar-refractivity contribution in [2.75, 3.05) is 32.4 Å². The second-order valence-corrected chi connectivity index (χ2v) is 9.90. The van der Waals surface area contributed by atoms with E-state index in [9.17, 15) is 18.0 Å². The number of amides is 2. The predicted octanol–water partition coefficient (Wildman–Crippen LogP) is 1.04. The quantitative estimate of drug-likeness (QED) is 0.781. The van der Waals surface area contributed by atoms with E-state index in [1.165, 1.54) is 0 Å². The third kappa shape index (κ3) is 5.48. The van der Waals surface area contributed by atoms with Gasteiger partial charge in [-0.15, -0.1) is 0 Å². The zero-order valence-corrected chi connectivity index (χ0v) is 18.0. The number of sulfonamides is 1. The van der Waals surface area contributed by atoms with Crippen molar-refractivity contribution in [3.05, 3.63) is 29.3 Å². The van der Waals surface area contributed by atoms with Gasteiger partial charge in [-0.05, 0) is 13.0 Å². The molecule has 1 saturated heterocycles. The van der Waals surface area contributed by atoms with E-state index in [1.807, 2.05) is 24.0 Å². The minimum absolute atomic E-state index is 0.00712. The molecule has 1 aromatic carbocycles. The van der Waals surface area contributed by atoms with Crippen LogP contribution in [0.15, 0.2) is 18.2 Å². The van der Waals surface area contributed by atoms with Gasteiger partial charge in [-0.3, -0.25) is 9.59 Å². The standard InChI is InChI=1S/C20H29N3O5S/c1-15-4-5-18-17(12-15)13-23(16(2)24)14-20(28-18)7-10-22(11-8-20)19(25)6-9-21-29(3,26)27/h4-5,12,21H,6-11,13-14H2,1-3H3. The number of fused-ring (bicyclic) bond motifs is 1. The predicted molar refractivity (Wildman–Crippen MR) is 109 cm³/mol. The molecule has 8 nitrogen and oxygen atoms in total. The minimum atomic E-state index is -3.30. The molecule has 1 fully saturated rings. The summed E-state index contributed by atoms with van der Waals surface area (Å²) in [5.41, 5.74) is 1.60. The lowest BCUT2D eigenvalue weighted by atomic mass is 9.90. The van der Waals surface area contributed by atoms with Gasteiger partial charge in [0.2, 0.25) is 21.8 Å². The maximum Gasteiger partial charge on any atom is 0.223 e. The number of rotatable bonds is 4. The number of nitrogens with one attached hydrogen (secondary N) is 1. The SMILES string of the molecule is CC(=O)N1Cc2cc(C)ccc2OC2(CCN(C(=O)CCNS(C)(=O)=O)CC2)C1. The highest BCUT2D eigenvalue weighted by Gasteiger charge is 2.42. The lowest BCUT2D eigenvalue weighted by molar-refractivity contribution is -0.138. The van der Waals surface area contributed by atoms with Gasteiger partial charge in [-0.25, -0.2) is 13.1 Å². The van der Waals surface area contributed by atoms with Gasteiger partial charge in [0.05, 0.1) is 12.8 Å². The fraction of sp³-hybridized carbons (Fsp3) is 0.600. The van der Waals surface area contributed by atoms with Crippen molar-refractivity contribution in [1.29, 1.82) is 0 Å². The van der Waals surface area contributed by atoms with E-state index < -0.39 is 15.6 Å². The number of aryl methyl sites for hydroxylation is 1. The Morgan fingerprint density at radius 2 is 1.90 bits per heavy atom. The van der Waals surface area contributed by atoms with Crippen molar-refractivity contribution in [3.63, 3.8) is 0 Å². The first-order valence-electron chi connectivity index (χ1n) is 9.83. The lowest BCUT2D eigenvalue weighted by Crippen LogP contribution is -2.55. The zero-order valence-electron chi connectivity index (χ0n) is 17.2. The van der Waals surface area contributed by atoms with Crippen LogP contribution in [0.3, 0.4) is 0 Å². The molecule has 3 rings (SSSR count). The van der Waals surface area contributed by atoms with Crippen LogP contribution in [0.4, 0.5) is 0 Å².